The molecule has 1 aliphatic heterocycles. The summed E-state index contributed by atoms with van der Waals surface area (Å²) in [4.78, 5) is 18.2. The van der Waals surface area contributed by atoms with Crippen molar-refractivity contribution in [1.82, 2.24) is 9.55 Å². The smallest absolute Gasteiger partial charge is 0.337 e. The van der Waals surface area contributed by atoms with E-state index in [4.69, 9.17) is 10.5 Å². The first-order valence-electron chi connectivity index (χ1n) is 9.81. The van der Waals surface area contributed by atoms with Crippen molar-refractivity contribution >= 4 is 28.1 Å². The molecule has 0 saturated carbocycles. The van der Waals surface area contributed by atoms with Crippen LogP contribution in [-0.4, -0.2) is 39.8 Å². The molecule has 3 heterocycles. The fourth-order valence-corrected chi connectivity index (χ4v) is 4.31. The van der Waals surface area contributed by atoms with Crippen LogP contribution in [0.4, 0.5) is 10.8 Å². The lowest BCUT2D eigenvalue weighted by Gasteiger charge is -2.41. The van der Waals surface area contributed by atoms with Crippen LogP contribution in [-0.2, 0) is 0 Å². The summed E-state index contributed by atoms with van der Waals surface area (Å²) in [6.07, 6.45) is 3.75. The first kappa shape index (κ1) is 19.2. The molecule has 2 aromatic carbocycles. The number of rotatable bonds is 6. The Labute approximate surface area is 183 Å². The number of benzene rings is 2. The number of carboxylic acids is 1. The number of nitrogens with two attached hydrogens (primary N) is 1. The van der Waals surface area contributed by atoms with E-state index in [1.807, 2.05) is 64.8 Å². The van der Waals surface area contributed by atoms with Crippen LogP contribution in [0, 0.1) is 0 Å². The van der Waals surface area contributed by atoms with Crippen molar-refractivity contribution in [2.45, 2.75) is 6.10 Å². The maximum absolute atomic E-state index is 11.8. The van der Waals surface area contributed by atoms with Crippen molar-refractivity contribution in [1.29, 1.82) is 0 Å². The minimum absolute atomic E-state index is 0.0340. The van der Waals surface area contributed by atoms with Crippen LogP contribution in [0.15, 0.2) is 72.4 Å². The summed E-state index contributed by atoms with van der Waals surface area (Å²) in [6, 6.07) is 16.9. The van der Waals surface area contributed by atoms with Crippen molar-refractivity contribution in [3.05, 3.63) is 77.9 Å². The maximum atomic E-state index is 11.8. The molecule has 0 radical (unpaired) electrons. The molecule has 0 atom stereocenters. The summed E-state index contributed by atoms with van der Waals surface area (Å²) in [7, 11) is 0. The van der Waals surface area contributed by atoms with Crippen LogP contribution in [0.3, 0.4) is 0 Å². The summed E-state index contributed by atoms with van der Waals surface area (Å²) < 4.78 is 7.94. The summed E-state index contributed by atoms with van der Waals surface area (Å²) in [5, 5.41) is 12.1. The zero-order valence-corrected chi connectivity index (χ0v) is 17.3. The first-order chi connectivity index (χ1) is 15.1. The second kappa shape index (κ2) is 7.81. The molecule has 0 bridgehead atoms. The Hall–Kier alpha value is -3.78. The second-order valence-corrected chi connectivity index (χ2v) is 8.20. The molecule has 2 aromatic heterocycles. The van der Waals surface area contributed by atoms with Crippen molar-refractivity contribution in [2.75, 3.05) is 23.7 Å². The lowest BCUT2D eigenvalue weighted by Crippen LogP contribution is -2.54. The highest BCUT2D eigenvalue weighted by Crippen LogP contribution is 2.33. The zero-order chi connectivity index (χ0) is 21.4. The number of anilines is 2. The van der Waals surface area contributed by atoms with Gasteiger partial charge in [0.25, 0.3) is 0 Å². The second-order valence-electron chi connectivity index (χ2n) is 7.31. The highest BCUT2D eigenvalue weighted by Gasteiger charge is 2.31. The van der Waals surface area contributed by atoms with Crippen LogP contribution in [0.5, 0.6) is 5.75 Å². The molecular formula is C23H20N4O3S. The number of carboxylic acid groups (broad SMARTS) is 1. The van der Waals surface area contributed by atoms with Gasteiger partial charge in [-0.25, -0.2) is 9.78 Å². The van der Waals surface area contributed by atoms with Gasteiger partial charge in [-0.05, 0) is 48.5 Å². The molecule has 156 valence electrons. The Morgan fingerprint density at radius 1 is 1.10 bits per heavy atom. The number of para-hydroxylation sites is 1. The molecule has 0 unspecified atom stereocenters. The van der Waals surface area contributed by atoms with Gasteiger partial charge in [-0.2, -0.15) is 0 Å². The van der Waals surface area contributed by atoms with E-state index in [0.29, 0.717) is 23.9 Å². The van der Waals surface area contributed by atoms with Gasteiger partial charge in [-0.15, -0.1) is 11.3 Å². The third-order valence-electron chi connectivity index (χ3n) is 5.27. The predicted molar refractivity (Wildman–Crippen MR) is 121 cm³/mol. The maximum Gasteiger partial charge on any atom is 0.337 e. The van der Waals surface area contributed by atoms with Crippen LogP contribution >= 0.6 is 11.3 Å². The van der Waals surface area contributed by atoms with Crippen molar-refractivity contribution < 1.29 is 14.6 Å². The molecular weight excluding hydrogens is 412 g/mol. The summed E-state index contributed by atoms with van der Waals surface area (Å²) in [6.45, 7) is 1.36. The Bertz CT molecular complexity index is 1210. The third-order valence-corrected chi connectivity index (χ3v) is 5.95. The van der Waals surface area contributed by atoms with Crippen LogP contribution < -0.4 is 15.4 Å². The van der Waals surface area contributed by atoms with E-state index in [1.54, 1.807) is 12.1 Å². The van der Waals surface area contributed by atoms with Gasteiger partial charge in [-0.1, -0.05) is 6.07 Å². The van der Waals surface area contributed by atoms with Gasteiger partial charge in [0.1, 0.15) is 11.9 Å². The fourth-order valence-electron chi connectivity index (χ4n) is 3.74. The van der Waals surface area contributed by atoms with Crippen molar-refractivity contribution in [2.24, 2.45) is 0 Å². The highest BCUT2D eigenvalue weighted by atomic mass is 32.1. The van der Waals surface area contributed by atoms with Gasteiger partial charge in [0, 0.05) is 23.3 Å². The van der Waals surface area contributed by atoms with E-state index in [0.717, 1.165) is 22.7 Å². The number of hydrogen-bond acceptors (Lipinski definition) is 6. The first-order valence-corrected chi connectivity index (χ1v) is 10.7. The number of hydrogen-bond donors (Lipinski definition) is 2. The molecule has 4 aromatic rings. The van der Waals surface area contributed by atoms with E-state index >= 15 is 0 Å². The Morgan fingerprint density at radius 3 is 2.48 bits per heavy atom. The Morgan fingerprint density at radius 2 is 1.84 bits per heavy atom. The number of nitrogens with zero attached hydrogens (tertiary/aromatic N) is 3. The minimum atomic E-state index is -0.944. The molecule has 3 N–H and O–H groups in total. The molecule has 1 fully saturated rings. The average molecular weight is 433 g/mol. The summed E-state index contributed by atoms with van der Waals surface area (Å²) in [5.41, 5.74) is 9.40. The van der Waals surface area contributed by atoms with Gasteiger partial charge in [-0.3, -0.25) is 0 Å². The molecule has 0 amide bonds. The van der Waals surface area contributed by atoms with Crippen LogP contribution in [0.2, 0.25) is 0 Å². The van der Waals surface area contributed by atoms with Crippen molar-refractivity contribution in [3.8, 4) is 22.7 Å². The minimum Gasteiger partial charge on any atom is -0.487 e. The average Bonchev–Trinajstić information content (AvgIpc) is 3.42. The number of thiazole rings is 1. The number of aromatic carboxylic acids is 1. The molecule has 1 aliphatic rings. The molecule has 7 nitrogen and oxygen atoms in total. The van der Waals surface area contributed by atoms with Crippen molar-refractivity contribution in [3.63, 3.8) is 0 Å². The van der Waals surface area contributed by atoms with Crippen LogP contribution in [0.1, 0.15) is 10.4 Å². The fraction of sp³-hybridized carbons (Fsp3) is 0.130. The normalized spacial score (nSPS) is 13.7. The molecule has 5 rings (SSSR count). The lowest BCUT2D eigenvalue weighted by molar-refractivity contribution is 0.0697. The quantitative estimate of drug-likeness (QED) is 0.475. The standard InChI is InChI=1S/C23H20N4O3S/c24-23-25-19(14-31-23)15-6-8-16(9-7-15)30-17-12-27(13-17)20-5-3-4-18(22(28)29)21(20)26-10-1-2-11-26/h1-11,14,17H,12-13H2,(H2,24,25)(H,28,29). The lowest BCUT2D eigenvalue weighted by atomic mass is 10.1. The summed E-state index contributed by atoms with van der Waals surface area (Å²) >= 11 is 1.42. The van der Waals surface area contributed by atoms with Gasteiger partial charge < -0.3 is 25.0 Å². The highest BCUT2D eigenvalue weighted by molar-refractivity contribution is 7.13. The number of ether oxygens (including phenoxy) is 1. The number of nitrogen functional groups attached to an aromatic ring is 1. The molecule has 0 aliphatic carbocycles. The van der Waals surface area contributed by atoms with Gasteiger partial charge in [0.2, 0.25) is 0 Å². The number of aromatic nitrogens is 2. The van der Waals surface area contributed by atoms with E-state index in [1.165, 1.54) is 11.3 Å². The van der Waals surface area contributed by atoms with E-state index < -0.39 is 5.97 Å². The SMILES string of the molecule is Nc1nc(-c2ccc(OC3CN(c4cccc(C(=O)O)c4-n4cccc4)C3)cc2)cs1. The summed E-state index contributed by atoms with van der Waals surface area (Å²) in [5.74, 6) is -0.151. The predicted octanol–water partition coefficient (Wildman–Crippen LogP) is 4.15. The zero-order valence-electron chi connectivity index (χ0n) is 16.5. The molecule has 31 heavy (non-hydrogen) atoms. The Kier molecular flexibility index (Phi) is 4.83. The van der Waals surface area contributed by atoms with Gasteiger partial charge in [0.15, 0.2) is 5.13 Å². The number of carbonyl (C=O) groups is 1. The Balaban J connectivity index is 1.29. The third kappa shape index (κ3) is 3.73. The largest absolute Gasteiger partial charge is 0.487 e. The van der Waals surface area contributed by atoms with Gasteiger partial charge in [0.05, 0.1) is 35.7 Å². The van der Waals surface area contributed by atoms with E-state index in [2.05, 4.69) is 9.88 Å². The topological polar surface area (TPSA) is 93.6 Å². The van der Waals surface area contributed by atoms with Gasteiger partial charge >= 0.3 is 5.97 Å². The monoisotopic (exact) mass is 432 g/mol. The van der Waals surface area contributed by atoms with E-state index in [9.17, 15) is 9.90 Å². The molecule has 0 spiro atoms. The molecule has 8 heteroatoms. The molecule has 1 saturated heterocycles. The van der Waals surface area contributed by atoms with Crippen LogP contribution in [0.25, 0.3) is 16.9 Å². The van der Waals surface area contributed by atoms with E-state index in [-0.39, 0.29) is 11.7 Å².